The smallest absolute Gasteiger partial charge is 0.338 e. The highest BCUT2D eigenvalue weighted by atomic mass is 16.6. The number of aryl methyl sites for hydroxylation is 2. The van der Waals surface area contributed by atoms with Crippen LogP contribution in [0.5, 0.6) is 5.75 Å². The minimum absolute atomic E-state index is 0.0602. The molecule has 31 heavy (non-hydrogen) atoms. The molecule has 0 atom stereocenters. The van der Waals surface area contributed by atoms with E-state index < -0.39 is 16.8 Å². The zero-order valence-corrected chi connectivity index (χ0v) is 17.0. The fourth-order valence-electron chi connectivity index (χ4n) is 2.86. The van der Waals surface area contributed by atoms with Gasteiger partial charge in [-0.25, -0.2) is 4.79 Å². The Morgan fingerprint density at radius 1 is 1.19 bits per heavy atom. The lowest BCUT2D eigenvalue weighted by Gasteiger charge is -2.12. The number of hydrogen-bond donors (Lipinski definition) is 1. The van der Waals surface area contributed by atoms with Crippen LogP contribution in [0.4, 0.5) is 11.4 Å². The van der Waals surface area contributed by atoms with Gasteiger partial charge in [0.25, 0.3) is 11.6 Å². The molecule has 0 aliphatic heterocycles. The minimum Gasteiger partial charge on any atom is -0.488 e. The standard InChI is InChI=1S/C21H19N3O7/c1-12-18(13(2)31-23-12)11-30-19-7-5-4-6-17(19)20(25)22-15-8-14(21(26)29-3)9-16(10-15)24(27)28/h4-10H,11H2,1-3H3,(H,22,25). The van der Waals surface area contributed by atoms with Crippen molar-refractivity contribution < 1.29 is 28.5 Å². The number of nitro groups is 1. The average Bonchev–Trinajstić information content (AvgIpc) is 3.08. The van der Waals surface area contributed by atoms with Crippen LogP contribution in [-0.4, -0.2) is 29.1 Å². The molecule has 0 fully saturated rings. The van der Waals surface area contributed by atoms with Crippen molar-refractivity contribution in [2.24, 2.45) is 0 Å². The molecule has 0 spiro atoms. The molecule has 1 amide bonds. The van der Waals surface area contributed by atoms with Crippen LogP contribution >= 0.6 is 0 Å². The third kappa shape index (κ3) is 4.86. The van der Waals surface area contributed by atoms with Gasteiger partial charge in [0.2, 0.25) is 0 Å². The van der Waals surface area contributed by atoms with Crippen LogP contribution in [0, 0.1) is 24.0 Å². The number of anilines is 1. The molecule has 3 aromatic rings. The van der Waals surface area contributed by atoms with Crippen LogP contribution < -0.4 is 10.1 Å². The zero-order chi connectivity index (χ0) is 22.5. The Bertz CT molecular complexity index is 1130. The van der Waals surface area contributed by atoms with Crippen LogP contribution in [0.1, 0.15) is 37.7 Å². The molecule has 160 valence electrons. The monoisotopic (exact) mass is 425 g/mol. The van der Waals surface area contributed by atoms with Crippen molar-refractivity contribution in [3.63, 3.8) is 0 Å². The van der Waals surface area contributed by atoms with Crippen LogP contribution in [0.15, 0.2) is 47.0 Å². The van der Waals surface area contributed by atoms with Gasteiger partial charge < -0.3 is 19.3 Å². The van der Waals surface area contributed by atoms with Gasteiger partial charge in [0, 0.05) is 17.8 Å². The highest BCUT2D eigenvalue weighted by Gasteiger charge is 2.19. The Morgan fingerprint density at radius 2 is 1.94 bits per heavy atom. The molecule has 1 aromatic heterocycles. The quantitative estimate of drug-likeness (QED) is 0.343. The van der Waals surface area contributed by atoms with Gasteiger partial charge in [0.1, 0.15) is 18.1 Å². The first kappa shape index (κ1) is 21.5. The summed E-state index contributed by atoms with van der Waals surface area (Å²) in [5.41, 5.74) is 1.32. The summed E-state index contributed by atoms with van der Waals surface area (Å²) in [6, 6.07) is 10.1. The van der Waals surface area contributed by atoms with E-state index in [0.29, 0.717) is 17.2 Å². The van der Waals surface area contributed by atoms with Crippen molar-refractivity contribution >= 4 is 23.3 Å². The molecule has 0 saturated heterocycles. The summed E-state index contributed by atoms with van der Waals surface area (Å²) in [7, 11) is 1.16. The van der Waals surface area contributed by atoms with E-state index in [0.717, 1.165) is 24.8 Å². The molecule has 10 nitrogen and oxygen atoms in total. The van der Waals surface area contributed by atoms with Gasteiger partial charge in [-0.15, -0.1) is 0 Å². The molecule has 0 radical (unpaired) electrons. The molecule has 10 heteroatoms. The summed E-state index contributed by atoms with van der Waals surface area (Å²) in [5.74, 6) is -0.405. The third-order valence-electron chi connectivity index (χ3n) is 4.49. The van der Waals surface area contributed by atoms with Gasteiger partial charge in [-0.05, 0) is 32.0 Å². The van der Waals surface area contributed by atoms with E-state index in [1.165, 1.54) is 6.07 Å². The first-order valence-electron chi connectivity index (χ1n) is 9.13. The number of carbonyl (C=O) groups excluding carboxylic acids is 2. The molecule has 0 bridgehead atoms. The van der Waals surface area contributed by atoms with Crippen LogP contribution in [-0.2, 0) is 11.3 Å². The van der Waals surface area contributed by atoms with Crippen LogP contribution in [0.2, 0.25) is 0 Å². The number of hydrogen-bond acceptors (Lipinski definition) is 8. The van der Waals surface area contributed by atoms with Crippen molar-refractivity contribution in [1.82, 2.24) is 5.16 Å². The summed E-state index contributed by atoms with van der Waals surface area (Å²) in [6.07, 6.45) is 0. The van der Waals surface area contributed by atoms with E-state index in [1.807, 2.05) is 0 Å². The fraction of sp³-hybridized carbons (Fsp3) is 0.190. The Hall–Kier alpha value is -4.21. The predicted molar refractivity (Wildman–Crippen MR) is 109 cm³/mol. The number of ether oxygens (including phenoxy) is 2. The van der Waals surface area contributed by atoms with Crippen LogP contribution in [0.3, 0.4) is 0 Å². The number of para-hydroxylation sites is 1. The summed E-state index contributed by atoms with van der Waals surface area (Å²) < 4.78 is 15.5. The van der Waals surface area contributed by atoms with Gasteiger partial charge in [-0.3, -0.25) is 14.9 Å². The lowest BCUT2D eigenvalue weighted by atomic mass is 10.1. The molecular formula is C21H19N3O7. The zero-order valence-electron chi connectivity index (χ0n) is 17.0. The second-order valence-electron chi connectivity index (χ2n) is 6.56. The van der Waals surface area contributed by atoms with Crippen molar-refractivity contribution in [3.05, 3.63) is 80.7 Å². The number of benzene rings is 2. The second kappa shape index (κ2) is 9.08. The van der Waals surface area contributed by atoms with Gasteiger partial charge >= 0.3 is 5.97 Å². The van der Waals surface area contributed by atoms with Gasteiger partial charge in [-0.2, -0.15) is 0 Å². The Morgan fingerprint density at radius 3 is 2.58 bits per heavy atom. The van der Waals surface area contributed by atoms with E-state index in [4.69, 9.17) is 9.26 Å². The third-order valence-corrected chi connectivity index (χ3v) is 4.49. The first-order chi connectivity index (χ1) is 14.8. The number of nitrogens with zero attached hydrogens (tertiary/aromatic N) is 2. The molecule has 1 heterocycles. The largest absolute Gasteiger partial charge is 0.488 e. The Labute approximate surface area is 176 Å². The fourth-order valence-corrected chi connectivity index (χ4v) is 2.86. The molecule has 0 aliphatic rings. The summed E-state index contributed by atoms with van der Waals surface area (Å²) >= 11 is 0. The number of esters is 1. The number of non-ortho nitro benzene ring substituents is 1. The highest BCUT2D eigenvalue weighted by Crippen LogP contribution is 2.25. The Balaban J connectivity index is 1.85. The number of aromatic nitrogens is 1. The van der Waals surface area contributed by atoms with Gasteiger partial charge in [-0.1, -0.05) is 17.3 Å². The first-order valence-corrected chi connectivity index (χ1v) is 9.13. The molecular weight excluding hydrogens is 406 g/mol. The number of amides is 1. The SMILES string of the molecule is COC(=O)c1cc(NC(=O)c2ccccc2OCc2c(C)noc2C)cc([N+](=O)[O-])c1. The predicted octanol–water partition coefficient (Wildman–Crippen LogP) is 3.82. The number of rotatable bonds is 7. The maximum absolute atomic E-state index is 12.9. The maximum Gasteiger partial charge on any atom is 0.338 e. The topological polar surface area (TPSA) is 134 Å². The van der Waals surface area contributed by atoms with Crippen LogP contribution in [0.25, 0.3) is 0 Å². The number of carbonyl (C=O) groups is 2. The number of nitrogens with one attached hydrogen (secondary N) is 1. The Kier molecular flexibility index (Phi) is 6.29. The molecule has 2 aromatic carbocycles. The van der Waals surface area contributed by atoms with Crippen molar-refractivity contribution in [2.75, 3.05) is 12.4 Å². The normalized spacial score (nSPS) is 10.4. The maximum atomic E-state index is 12.9. The summed E-state index contributed by atoms with van der Waals surface area (Å²) in [5, 5.41) is 17.6. The molecule has 0 aliphatic carbocycles. The summed E-state index contributed by atoms with van der Waals surface area (Å²) in [4.78, 5) is 35.2. The lowest BCUT2D eigenvalue weighted by molar-refractivity contribution is -0.384. The minimum atomic E-state index is -0.762. The van der Waals surface area contributed by atoms with E-state index in [9.17, 15) is 19.7 Å². The number of nitro benzene ring substituents is 1. The van der Waals surface area contributed by atoms with Crippen molar-refractivity contribution in [2.45, 2.75) is 20.5 Å². The molecule has 1 N–H and O–H groups in total. The average molecular weight is 425 g/mol. The van der Waals surface area contributed by atoms with E-state index >= 15 is 0 Å². The van der Waals surface area contributed by atoms with Gasteiger partial charge in [0.05, 0.1) is 34.4 Å². The van der Waals surface area contributed by atoms with E-state index in [-0.39, 0.29) is 29.1 Å². The van der Waals surface area contributed by atoms with Crippen molar-refractivity contribution in [3.8, 4) is 5.75 Å². The molecule has 3 rings (SSSR count). The van der Waals surface area contributed by atoms with Crippen molar-refractivity contribution in [1.29, 1.82) is 0 Å². The second-order valence-corrected chi connectivity index (χ2v) is 6.56. The van der Waals surface area contributed by atoms with Gasteiger partial charge in [0.15, 0.2) is 0 Å². The van der Waals surface area contributed by atoms with E-state index in [1.54, 1.807) is 38.1 Å². The number of methoxy groups -OCH3 is 1. The van der Waals surface area contributed by atoms with E-state index in [2.05, 4.69) is 15.2 Å². The molecule has 0 unspecified atom stereocenters. The summed E-state index contributed by atoms with van der Waals surface area (Å²) in [6.45, 7) is 3.70. The highest BCUT2D eigenvalue weighted by molar-refractivity contribution is 6.07. The lowest BCUT2D eigenvalue weighted by Crippen LogP contribution is -2.14. The molecule has 0 saturated carbocycles.